The molecule has 0 spiro atoms. The molecular weight excluding hydrogens is 459 g/mol. The Bertz CT molecular complexity index is 1420. The van der Waals surface area contributed by atoms with Crippen LogP contribution in [0.15, 0.2) is 53.7 Å². The van der Waals surface area contributed by atoms with Crippen molar-refractivity contribution in [2.75, 3.05) is 5.32 Å². The summed E-state index contributed by atoms with van der Waals surface area (Å²) in [5, 5.41) is 6.49. The quantitative estimate of drug-likeness (QED) is 0.471. The molecule has 2 heterocycles. The lowest BCUT2D eigenvalue weighted by atomic mass is 10.1. The Morgan fingerprint density at radius 2 is 1.82 bits per heavy atom. The molecule has 0 atom stereocenters. The number of aromatic nitrogens is 4. The van der Waals surface area contributed by atoms with E-state index in [1.54, 1.807) is 0 Å². The van der Waals surface area contributed by atoms with E-state index < -0.39 is 35.4 Å². The predicted molar refractivity (Wildman–Crippen MR) is 118 cm³/mol. The summed E-state index contributed by atoms with van der Waals surface area (Å²) < 4.78 is 42.3. The molecule has 4 aromatic rings. The van der Waals surface area contributed by atoms with E-state index in [1.807, 2.05) is 32.0 Å². The molecule has 0 saturated carbocycles. The van der Waals surface area contributed by atoms with Gasteiger partial charge in [-0.05, 0) is 55.3 Å². The van der Waals surface area contributed by atoms with Crippen molar-refractivity contribution in [3.63, 3.8) is 0 Å². The number of nitrogens with zero attached hydrogens (tertiary/aromatic N) is 4. The number of rotatable bonds is 4. The fraction of sp³-hybridized carbons (Fsp3) is 0.182. The maximum absolute atomic E-state index is 13.3. The molecular formula is C22H17ClF3N5O2. The number of nitrogens with one attached hydrogen (secondary N) is 1. The third-order valence-corrected chi connectivity index (χ3v) is 5.12. The Balaban J connectivity index is 1.62. The molecule has 0 radical (unpaired) electrons. The molecule has 0 saturated heterocycles. The van der Waals surface area contributed by atoms with E-state index in [2.05, 4.69) is 15.4 Å². The van der Waals surface area contributed by atoms with Crippen molar-refractivity contribution in [3.8, 4) is 5.69 Å². The fourth-order valence-corrected chi connectivity index (χ4v) is 3.70. The van der Waals surface area contributed by atoms with Crippen LogP contribution in [-0.2, 0) is 17.5 Å². The van der Waals surface area contributed by atoms with Gasteiger partial charge in [0.15, 0.2) is 5.65 Å². The molecule has 33 heavy (non-hydrogen) atoms. The number of alkyl halides is 3. The third-order valence-electron chi connectivity index (χ3n) is 4.88. The maximum Gasteiger partial charge on any atom is 0.418 e. The first kappa shape index (κ1) is 22.5. The number of benzene rings is 2. The molecule has 7 nitrogen and oxygen atoms in total. The second kappa shape index (κ2) is 8.36. The van der Waals surface area contributed by atoms with Gasteiger partial charge in [-0.15, -0.1) is 0 Å². The molecule has 0 aliphatic carbocycles. The van der Waals surface area contributed by atoms with E-state index in [4.69, 9.17) is 11.6 Å². The first-order chi connectivity index (χ1) is 15.5. The van der Waals surface area contributed by atoms with Gasteiger partial charge in [0, 0.05) is 5.02 Å². The van der Waals surface area contributed by atoms with E-state index >= 15 is 0 Å². The minimum Gasteiger partial charge on any atom is -0.324 e. The Hall–Kier alpha value is -3.66. The van der Waals surface area contributed by atoms with Gasteiger partial charge in [-0.3, -0.25) is 14.2 Å². The van der Waals surface area contributed by atoms with Crippen LogP contribution in [0, 0.1) is 13.8 Å². The molecule has 170 valence electrons. The Labute approximate surface area is 190 Å². The van der Waals surface area contributed by atoms with Crippen molar-refractivity contribution in [3.05, 3.63) is 81.0 Å². The highest BCUT2D eigenvalue weighted by molar-refractivity contribution is 6.30. The van der Waals surface area contributed by atoms with Gasteiger partial charge in [-0.1, -0.05) is 17.7 Å². The number of anilines is 1. The molecule has 0 aliphatic rings. The second-order valence-corrected chi connectivity index (χ2v) is 7.99. The van der Waals surface area contributed by atoms with Crippen molar-refractivity contribution in [2.45, 2.75) is 26.6 Å². The highest BCUT2D eigenvalue weighted by Gasteiger charge is 2.34. The zero-order valence-electron chi connectivity index (χ0n) is 17.4. The largest absolute Gasteiger partial charge is 0.418 e. The van der Waals surface area contributed by atoms with E-state index in [0.29, 0.717) is 5.65 Å². The molecule has 0 bridgehead atoms. The van der Waals surface area contributed by atoms with Crippen molar-refractivity contribution in [1.29, 1.82) is 0 Å². The number of aryl methyl sites for hydroxylation is 2. The Morgan fingerprint density at radius 3 is 2.48 bits per heavy atom. The molecule has 1 amide bonds. The Kier molecular flexibility index (Phi) is 5.71. The molecule has 4 rings (SSSR count). The fourth-order valence-electron chi connectivity index (χ4n) is 3.53. The zero-order valence-corrected chi connectivity index (χ0v) is 18.2. The van der Waals surface area contributed by atoms with Crippen LogP contribution in [0.4, 0.5) is 18.9 Å². The number of carbonyl (C=O) groups excluding carboxylic acids is 1. The van der Waals surface area contributed by atoms with Gasteiger partial charge in [0.2, 0.25) is 5.91 Å². The summed E-state index contributed by atoms with van der Waals surface area (Å²) in [7, 11) is 0. The van der Waals surface area contributed by atoms with Crippen LogP contribution in [0.2, 0.25) is 5.02 Å². The van der Waals surface area contributed by atoms with Crippen molar-refractivity contribution in [1.82, 2.24) is 19.3 Å². The zero-order chi connectivity index (χ0) is 23.9. The Morgan fingerprint density at radius 1 is 1.12 bits per heavy atom. The smallest absolute Gasteiger partial charge is 0.324 e. The summed E-state index contributed by atoms with van der Waals surface area (Å²) in [4.78, 5) is 29.5. The number of hydrogen-bond acceptors (Lipinski definition) is 4. The van der Waals surface area contributed by atoms with Crippen LogP contribution in [0.3, 0.4) is 0 Å². The van der Waals surface area contributed by atoms with Gasteiger partial charge in [-0.2, -0.15) is 18.3 Å². The topological polar surface area (TPSA) is 81.8 Å². The number of halogens is 4. The monoisotopic (exact) mass is 475 g/mol. The van der Waals surface area contributed by atoms with Crippen molar-refractivity contribution < 1.29 is 18.0 Å². The third kappa shape index (κ3) is 4.61. The van der Waals surface area contributed by atoms with Gasteiger partial charge in [-0.25, -0.2) is 9.67 Å². The average Bonchev–Trinajstić information content (AvgIpc) is 3.15. The molecule has 0 aliphatic heterocycles. The first-order valence-corrected chi connectivity index (χ1v) is 10.1. The molecule has 1 N–H and O–H groups in total. The molecule has 2 aromatic heterocycles. The van der Waals surface area contributed by atoms with Gasteiger partial charge < -0.3 is 5.32 Å². The van der Waals surface area contributed by atoms with Crippen LogP contribution >= 0.6 is 11.6 Å². The van der Waals surface area contributed by atoms with Crippen LogP contribution in [-0.4, -0.2) is 25.2 Å². The number of hydrogen-bond donors (Lipinski definition) is 1. The predicted octanol–water partition coefficient (Wildman–Crippen LogP) is 4.51. The van der Waals surface area contributed by atoms with Gasteiger partial charge >= 0.3 is 6.18 Å². The van der Waals surface area contributed by atoms with E-state index in [0.717, 1.165) is 39.8 Å². The van der Waals surface area contributed by atoms with Crippen LogP contribution in [0.5, 0.6) is 0 Å². The number of carbonyl (C=O) groups is 1. The molecule has 11 heteroatoms. The highest BCUT2D eigenvalue weighted by atomic mass is 35.5. The maximum atomic E-state index is 13.3. The lowest BCUT2D eigenvalue weighted by Gasteiger charge is -2.14. The minimum atomic E-state index is -4.71. The highest BCUT2D eigenvalue weighted by Crippen LogP contribution is 2.36. The van der Waals surface area contributed by atoms with Crippen molar-refractivity contribution in [2.24, 2.45) is 0 Å². The number of fused-ring (bicyclic) bond motifs is 1. The van der Waals surface area contributed by atoms with Crippen LogP contribution in [0.25, 0.3) is 16.7 Å². The minimum absolute atomic E-state index is 0.119. The summed E-state index contributed by atoms with van der Waals surface area (Å²) in [5.41, 5.74) is 0.975. The molecule has 2 aromatic carbocycles. The van der Waals surface area contributed by atoms with Crippen LogP contribution in [0.1, 0.15) is 16.7 Å². The average molecular weight is 476 g/mol. The first-order valence-electron chi connectivity index (χ1n) is 9.71. The second-order valence-electron chi connectivity index (χ2n) is 7.55. The van der Waals surface area contributed by atoms with E-state index in [9.17, 15) is 22.8 Å². The van der Waals surface area contributed by atoms with Crippen molar-refractivity contribution >= 4 is 34.2 Å². The van der Waals surface area contributed by atoms with E-state index in [-0.39, 0.29) is 10.4 Å². The number of amides is 1. The summed E-state index contributed by atoms with van der Waals surface area (Å²) >= 11 is 5.65. The normalized spacial score (nSPS) is 11.7. The molecule has 0 fully saturated rings. The summed E-state index contributed by atoms with van der Waals surface area (Å²) in [6, 6.07) is 8.79. The van der Waals surface area contributed by atoms with Gasteiger partial charge in [0.05, 0.1) is 23.1 Å². The molecule has 0 unspecified atom stereocenters. The van der Waals surface area contributed by atoms with Gasteiger partial charge in [0.25, 0.3) is 5.56 Å². The summed E-state index contributed by atoms with van der Waals surface area (Å²) in [6.45, 7) is 3.34. The van der Waals surface area contributed by atoms with Crippen LogP contribution < -0.4 is 10.9 Å². The summed E-state index contributed by atoms with van der Waals surface area (Å²) in [6.07, 6.45) is -2.21. The summed E-state index contributed by atoms with van der Waals surface area (Å²) in [5.74, 6) is -0.826. The van der Waals surface area contributed by atoms with E-state index in [1.165, 1.54) is 16.9 Å². The SMILES string of the molecule is Cc1cc(C)cc(-n2ncc3c(=O)n(CC(=O)Nc4ccc(Cl)cc4C(F)(F)F)cnc32)c1. The lowest BCUT2D eigenvalue weighted by molar-refractivity contribution is -0.137. The standard InChI is InChI=1S/C22H17ClF3N5O2/c1-12-5-13(2)7-15(6-12)31-20-16(9-28-31)21(33)30(11-27-20)10-19(32)29-18-4-3-14(23)8-17(18)22(24,25)26/h3-9,11H,10H2,1-2H3,(H,29,32). The van der Waals surface area contributed by atoms with Gasteiger partial charge in [0.1, 0.15) is 18.3 Å². The lowest BCUT2D eigenvalue weighted by Crippen LogP contribution is -2.28.